The number of nitrogens with one attached hydrogen (secondary N) is 2. The van der Waals surface area contributed by atoms with E-state index in [4.69, 9.17) is 0 Å². The van der Waals surface area contributed by atoms with E-state index >= 15 is 0 Å². The fourth-order valence-corrected chi connectivity index (χ4v) is 3.71. The Kier molecular flexibility index (Phi) is 5.81. The largest absolute Gasteiger partial charge is 0.345 e. The number of hydrogen-bond donors (Lipinski definition) is 2. The normalized spacial score (nSPS) is 15.2. The van der Waals surface area contributed by atoms with Crippen LogP contribution in [-0.4, -0.2) is 40.8 Å². The van der Waals surface area contributed by atoms with Crippen molar-refractivity contribution in [2.45, 2.75) is 25.4 Å². The summed E-state index contributed by atoms with van der Waals surface area (Å²) in [4.78, 5) is 31.4. The smallest absolute Gasteiger partial charge is 0.313 e. The number of carbonyl (C=O) groups is 2. The van der Waals surface area contributed by atoms with Crippen LogP contribution in [0.15, 0.2) is 66.9 Å². The number of nitrogens with zero attached hydrogens (tertiary/aromatic N) is 2. The van der Waals surface area contributed by atoms with E-state index in [0.717, 1.165) is 37.9 Å². The Balaban J connectivity index is 1.29. The third-order valence-corrected chi connectivity index (χ3v) is 5.26. The van der Waals surface area contributed by atoms with E-state index in [1.165, 1.54) is 5.56 Å². The van der Waals surface area contributed by atoms with E-state index < -0.39 is 11.8 Å². The Morgan fingerprint density at radius 3 is 2.48 bits per heavy atom. The molecular weight excluding hydrogens is 364 g/mol. The van der Waals surface area contributed by atoms with Crippen molar-refractivity contribution in [3.05, 3.63) is 72.4 Å². The average Bonchev–Trinajstić information content (AvgIpc) is 2.76. The Morgan fingerprint density at radius 2 is 1.69 bits per heavy atom. The second-order valence-electron chi connectivity index (χ2n) is 7.34. The second-order valence-corrected chi connectivity index (χ2v) is 7.34. The molecule has 6 nitrogen and oxygen atoms in total. The fraction of sp³-hybridized carbons (Fsp3) is 0.261. The topological polar surface area (TPSA) is 74.3 Å². The minimum atomic E-state index is -0.658. The summed E-state index contributed by atoms with van der Waals surface area (Å²) in [6.45, 7) is 2.71. The number of fused-ring (bicyclic) bond motifs is 1. The van der Waals surface area contributed by atoms with Gasteiger partial charge in [-0.1, -0.05) is 48.5 Å². The molecule has 2 heterocycles. The van der Waals surface area contributed by atoms with Crippen LogP contribution in [0, 0.1) is 0 Å². The summed E-state index contributed by atoms with van der Waals surface area (Å²) in [5, 5.41) is 6.48. The van der Waals surface area contributed by atoms with Gasteiger partial charge < -0.3 is 10.6 Å². The highest BCUT2D eigenvalue weighted by Crippen LogP contribution is 2.20. The lowest BCUT2D eigenvalue weighted by Crippen LogP contribution is -2.47. The molecule has 6 heteroatoms. The first kappa shape index (κ1) is 19.1. The second kappa shape index (κ2) is 8.84. The van der Waals surface area contributed by atoms with Crippen LogP contribution in [0.4, 0.5) is 5.69 Å². The van der Waals surface area contributed by atoms with Crippen LogP contribution in [0.5, 0.6) is 0 Å². The van der Waals surface area contributed by atoms with Crippen molar-refractivity contribution in [1.82, 2.24) is 15.2 Å². The van der Waals surface area contributed by atoms with Crippen molar-refractivity contribution in [2.75, 3.05) is 18.4 Å². The number of likely N-dealkylation sites (tertiary alicyclic amines) is 1. The average molecular weight is 388 g/mol. The van der Waals surface area contributed by atoms with Gasteiger partial charge in [0.25, 0.3) is 0 Å². The van der Waals surface area contributed by atoms with Crippen molar-refractivity contribution >= 4 is 28.4 Å². The molecule has 0 unspecified atom stereocenters. The molecule has 0 spiro atoms. The van der Waals surface area contributed by atoms with Gasteiger partial charge in [0.1, 0.15) is 0 Å². The molecule has 1 aromatic heterocycles. The quantitative estimate of drug-likeness (QED) is 0.674. The van der Waals surface area contributed by atoms with E-state index in [0.29, 0.717) is 11.2 Å². The summed E-state index contributed by atoms with van der Waals surface area (Å²) in [5.41, 5.74) is 2.50. The molecule has 0 radical (unpaired) electrons. The molecule has 0 atom stereocenters. The van der Waals surface area contributed by atoms with Gasteiger partial charge in [-0.25, -0.2) is 0 Å². The monoisotopic (exact) mass is 388 g/mol. The maximum atomic E-state index is 12.4. The Morgan fingerprint density at radius 1 is 0.931 bits per heavy atom. The number of benzene rings is 2. The Hall–Kier alpha value is -3.25. The number of amides is 2. The number of para-hydroxylation sites is 1. The van der Waals surface area contributed by atoms with Gasteiger partial charge in [-0.15, -0.1) is 0 Å². The maximum absolute atomic E-state index is 12.4. The summed E-state index contributed by atoms with van der Waals surface area (Å²) < 4.78 is 0. The summed E-state index contributed by atoms with van der Waals surface area (Å²) >= 11 is 0. The number of pyridine rings is 1. The van der Waals surface area contributed by atoms with Gasteiger partial charge in [0, 0.05) is 37.3 Å². The van der Waals surface area contributed by atoms with Crippen LogP contribution in [0.2, 0.25) is 0 Å². The third kappa shape index (κ3) is 4.78. The number of aromatic nitrogens is 1. The lowest BCUT2D eigenvalue weighted by Gasteiger charge is -2.32. The van der Waals surface area contributed by atoms with Crippen LogP contribution < -0.4 is 10.6 Å². The molecule has 2 N–H and O–H groups in total. The van der Waals surface area contributed by atoms with E-state index in [2.05, 4.69) is 32.7 Å². The van der Waals surface area contributed by atoms with E-state index in [9.17, 15) is 9.59 Å². The highest BCUT2D eigenvalue weighted by Gasteiger charge is 2.23. The number of rotatable bonds is 4. The van der Waals surface area contributed by atoms with Gasteiger partial charge >= 0.3 is 11.8 Å². The first-order valence-electron chi connectivity index (χ1n) is 9.91. The lowest BCUT2D eigenvalue weighted by atomic mass is 10.0. The van der Waals surface area contributed by atoms with E-state index in [1.807, 2.05) is 42.5 Å². The standard InChI is InChI=1S/C23H24N4O2/c28-22(23(29)26-20-10-4-8-18-9-5-13-24-21(18)20)25-19-11-14-27(15-12-19)16-17-6-2-1-3-7-17/h1-10,13,19H,11-12,14-16H2,(H,25,28)(H,26,29). The van der Waals surface area contributed by atoms with Crippen molar-refractivity contribution in [3.63, 3.8) is 0 Å². The predicted octanol–water partition coefficient (Wildman–Crippen LogP) is 2.95. The fourth-order valence-electron chi connectivity index (χ4n) is 3.71. The molecule has 4 rings (SSSR count). The Labute approximate surface area is 169 Å². The first-order chi connectivity index (χ1) is 14.2. The van der Waals surface area contributed by atoms with Gasteiger partial charge in [-0.3, -0.25) is 19.5 Å². The molecule has 3 aromatic rings. The van der Waals surface area contributed by atoms with Crippen molar-refractivity contribution in [1.29, 1.82) is 0 Å². The van der Waals surface area contributed by atoms with Crippen molar-refractivity contribution < 1.29 is 9.59 Å². The number of carbonyl (C=O) groups excluding carboxylic acids is 2. The number of hydrogen-bond acceptors (Lipinski definition) is 4. The Bertz CT molecular complexity index is 993. The van der Waals surface area contributed by atoms with E-state index in [1.54, 1.807) is 12.3 Å². The highest BCUT2D eigenvalue weighted by atomic mass is 16.2. The van der Waals surface area contributed by atoms with Crippen LogP contribution in [0.1, 0.15) is 18.4 Å². The first-order valence-corrected chi connectivity index (χ1v) is 9.91. The van der Waals surface area contributed by atoms with Gasteiger partial charge in [0.05, 0.1) is 11.2 Å². The molecule has 1 fully saturated rings. The number of anilines is 1. The molecule has 1 aliphatic rings. The maximum Gasteiger partial charge on any atom is 0.313 e. The zero-order valence-electron chi connectivity index (χ0n) is 16.2. The molecule has 0 aliphatic carbocycles. The minimum Gasteiger partial charge on any atom is -0.345 e. The number of piperidine rings is 1. The molecule has 2 aromatic carbocycles. The molecule has 148 valence electrons. The van der Waals surface area contributed by atoms with E-state index in [-0.39, 0.29) is 6.04 Å². The summed E-state index contributed by atoms with van der Waals surface area (Å²) in [6, 6.07) is 19.6. The summed E-state index contributed by atoms with van der Waals surface area (Å²) in [6.07, 6.45) is 3.34. The van der Waals surface area contributed by atoms with Gasteiger partial charge in [-0.2, -0.15) is 0 Å². The molecule has 29 heavy (non-hydrogen) atoms. The van der Waals surface area contributed by atoms with Gasteiger partial charge in [-0.05, 0) is 30.5 Å². The molecule has 1 saturated heterocycles. The SMILES string of the molecule is O=C(Nc1cccc2cccnc12)C(=O)NC1CCN(Cc2ccccc2)CC1. The predicted molar refractivity (Wildman–Crippen MR) is 113 cm³/mol. The third-order valence-electron chi connectivity index (χ3n) is 5.26. The van der Waals surface area contributed by atoms with Gasteiger partial charge in [0.2, 0.25) is 0 Å². The van der Waals surface area contributed by atoms with Crippen molar-refractivity contribution in [2.24, 2.45) is 0 Å². The molecule has 1 aliphatic heterocycles. The molecular formula is C23H24N4O2. The zero-order chi connectivity index (χ0) is 20.1. The summed E-state index contributed by atoms with van der Waals surface area (Å²) in [7, 11) is 0. The van der Waals surface area contributed by atoms with Crippen LogP contribution in [-0.2, 0) is 16.1 Å². The van der Waals surface area contributed by atoms with Crippen molar-refractivity contribution in [3.8, 4) is 0 Å². The minimum absolute atomic E-state index is 0.0194. The molecule has 0 saturated carbocycles. The highest BCUT2D eigenvalue weighted by molar-refractivity contribution is 6.40. The van der Waals surface area contributed by atoms with Crippen LogP contribution >= 0.6 is 0 Å². The lowest BCUT2D eigenvalue weighted by molar-refractivity contribution is -0.136. The van der Waals surface area contributed by atoms with Crippen LogP contribution in [0.25, 0.3) is 10.9 Å². The van der Waals surface area contributed by atoms with Gasteiger partial charge in [0.15, 0.2) is 0 Å². The van der Waals surface area contributed by atoms with Crippen LogP contribution in [0.3, 0.4) is 0 Å². The summed E-state index contributed by atoms with van der Waals surface area (Å²) in [5.74, 6) is -1.26. The molecule has 2 amide bonds. The zero-order valence-corrected chi connectivity index (χ0v) is 16.2. The molecule has 0 bridgehead atoms.